The lowest BCUT2D eigenvalue weighted by atomic mass is 10.2. The number of rotatable bonds is 4. The third-order valence-electron chi connectivity index (χ3n) is 1.56. The van der Waals surface area contributed by atoms with Crippen LogP contribution in [0.15, 0.2) is 24.3 Å². The van der Waals surface area contributed by atoms with Gasteiger partial charge < -0.3 is 11.1 Å². The van der Waals surface area contributed by atoms with Crippen LogP contribution < -0.4 is 11.1 Å². The molecular formula is C8H10N2O3S. The third kappa shape index (κ3) is 3.06. The Kier molecular flexibility index (Phi) is 3.47. The third-order valence-corrected chi connectivity index (χ3v) is 1.98. The molecule has 0 radical (unpaired) electrons. The molecule has 6 heteroatoms. The maximum atomic E-state index is 10.8. The lowest BCUT2D eigenvalue weighted by molar-refractivity contribution is 0.100. The van der Waals surface area contributed by atoms with Gasteiger partial charge in [0, 0.05) is 11.3 Å². The van der Waals surface area contributed by atoms with E-state index in [2.05, 4.69) is 5.32 Å². The van der Waals surface area contributed by atoms with E-state index in [-0.39, 0.29) is 5.88 Å². The fourth-order valence-corrected chi connectivity index (χ4v) is 1.25. The van der Waals surface area contributed by atoms with Gasteiger partial charge in [-0.25, -0.2) is 8.42 Å². The molecular weight excluding hydrogens is 204 g/mol. The molecule has 0 unspecified atom stereocenters. The Bertz CT molecular complexity index is 407. The van der Waals surface area contributed by atoms with E-state index in [4.69, 9.17) is 5.73 Å². The number of primary amides is 1. The number of nitrogens with two attached hydrogens (primary N) is 1. The largest absolute Gasteiger partial charge is 0.372 e. The highest BCUT2D eigenvalue weighted by Gasteiger charge is 2.00. The lowest BCUT2D eigenvalue weighted by Crippen LogP contribution is -2.11. The van der Waals surface area contributed by atoms with Crippen molar-refractivity contribution in [2.75, 3.05) is 11.2 Å². The topological polar surface area (TPSA) is 89.3 Å². The molecule has 5 nitrogen and oxygen atoms in total. The average molecular weight is 214 g/mol. The number of carbonyl (C=O) groups excluding carboxylic acids is 1. The van der Waals surface area contributed by atoms with Gasteiger partial charge in [0.1, 0.15) is 5.88 Å². The second-order valence-corrected chi connectivity index (χ2v) is 3.59. The van der Waals surface area contributed by atoms with Gasteiger partial charge in [-0.3, -0.25) is 4.79 Å². The summed E-state index contributed by atoms with van der Waals surface area (Å²) in [5, 5.41) is 2.64. The predicted molar refractivity (Wildman–Crippen MR) is 53.8 cm³/mol. The highest BCUT2D eigenvalue weighted by molar-refractivity contribution is 7.72. The van der Waals surface area contributed by atoms with Gasteiger partial charge in [-0.15, -0.1) is 0 Å². The minimum atomic E-state index is -2.48. The maximum Gasteiger partial charge on any atom is 0.248 e. The molecule has 0 bridgehead atoms. The summed E-state index contributed by atoms with van der Waals surface area (Å²) in [5.41, 5.74) is 5.95. The number of thiol groups is 1. The second-order valence-electron chi connectivity index (χ2n) is 2.61. The second kappa shape index (κ2) is 4.61. The van der Waals surface area contributed by atoms with Gasteiger partial charge >= 0.3 is 0 Å². The first kappa shape index (κ1) is 10.5. The van der Waals surface area contributed by atoms with Crippen molar-refractivity contribution in [3.63, 3.8) is 0 Å². The summed E-state index contributed by atoms with van der Waals surface area (Å²) >= 11 is 0. The summed E-state index contributed by atoms with van der Waals surface area (Å²) in [5.74, 6) is -0.697. The van der Waals surface area contributed by atoms with Crippen LogP contribution in [-0.4, -0.2) is 20.2 Å². The molecule has 1 aromatic carbocycles. The number of hydrogen-bond acceptors (Lipinski definition) is 4. The van der Waals surface area contributed by atoms with E-state index in [1.54, 1.807) is 18.2 Å². The van der Waals surface area contributed by atoms with Gasteiger partial charge in [0.15, 0.2) is 10.7 Å². The molecule has 76 valence electrons. The van der Waals surface area contributed by atoms with E-state index in [1.165, 1.54) is 6.07 Å². The summed E-state index contributed by atoms with van der Waals surface area (Å²) in [6.45, 7) is 0. The molecule has 1 amide bonds. The van der Waals surface area contributed by atoms with Crippen molar-refractivity contribution in [3.05, 3.63) is 29.8 Å². The Morgan fingerprint density at radius 1 is 1.43 bits per heavy atom. The molecule has 0 aromatic heterocycles. The number of anilines is 1. The zero-order chi connectivity index (χ0) is 10.6. The normalized spacial score (nSPS) is 10.1. The van der Waals surface area contributed by atoms with E-state index in [0.29, 0.717) is 11.3 Å². The van der Waals surface area contributed by atoms with Crippen LogP contribution in [0.5, 0.6) is 0 Å². The highest BCUT2D eigenvalue weighted by atomic mass is 32.2. The van der Waals surface area contributed by atoms with Crippen molar-refractivity contribution >= 4 is 22.3 Å². The van der Waals surface area contributed by atoms with Gasteiger partial charge in [0.05, 0.1) is 0 Å². The quantitative estimate of drug-likeness (QED) is 0.604. The van der Waals surface area contributed by atoms with E-state index >= 15 is 0 Å². The minimum Gasteiger partial charge on any atom is -0.372 e. The predicted octanol–water partition coefficient (Wildman–Crippen LogP) is -0.234. The smallest absolute Gasteiger partial charge is 0.248 e. The Morgan fingerprint density at radius 3 is 2.71 bits per heavy atom. The van der Waals surface area contributed by atoms with E-state index in [1.807, 2.05) is 0 Å². The van der Waals surface area contributed by atoms with Gasteiger partial charge in [-0.05, 0) is 18.2 Å². The Morgan fingerprint density at radius 2 is 2.14 bits per heavy atom. The van der Waals surface area contributed by atoms with Gasteiger partial charge in [-0.2, -0.15) is 0 Å². The average Bonchev–Trinajstić information content (AvgIpc) is 2.15. The monoisotopic (exact) mass is 214 g/mol. The van der Waals surface area contributed by atoms with Crippen LogP contribution in [0.4, 0.5) is 5.69 Å². The van der Waals surface area contributed by atoms with Gasteiger partial charge in [0.25, 0.3) is 0 Å². The van der Waals surface area contributed by atoms with Crippen LogP contribution >= 0.6 is 0 Å². The summed E-state index contributed by atoms with van der Waals surface area (Å²) in [6.07, 6.45) is 0. The maximum absolute atomic E-state index is 10.8. The molecule has 1 rings (SSSR count). The van der Waals surface area contributed by atoms with Crippen LogP contribution in [-0.2, 0) is 10.7 Å². The van der Waals surface area contributed by atoms with Crippen molar-refractivity contribution in [3.8, 4) is 0 Å². The van der Waals surface area contributed by atoms with Crippen molar-refractivity contribution in [1.29, 1.82) is 0 Å². The first-order valence-electron chi connectivity index (χ1n) is 3.85. The van der Waals surface area contributed by atoms with Crippen LogP contribution in [0, 0.1) is 0 Å². The molecule has 0 spiro atoms. The van der Waals surface area contributed by atoms with E-state index < -0.39 is 16.6 Å². The number of carbonyl (C=O) groups is 1. The van der Waals surface area contributed by atoms with E-state index in [0.717, 1.165) is 0 Å². The highest BCUT2D eigenvalue weighted by Crippen LogP contribution is 2.09. The Labute approximate surface area is 82.9 Å². The van der Waals surface area contributed by atoms with Crippen molar-refractivity contribution in [1.82, 2.24) is 0 Å². The molecule has 14 heavy (non-hydrogen) atoms. The zero-order valence-corrected chi connectivity index (χ0v) is 8.16. The van der Waals surface area contributed by atoms with Gasteiger partial charge in [-0.1, -0.05) is 6.07 Å². The SMILES string of the molecule is NC(=O)c1cccc(NC[SH](=O)=O)c1. The van der Waals surface area contributed by atoms with Crippen molar-refractivity contribution in [2.45, 2.75) is 0 Å². The van der Waals surface area contributed by atoms with E-state index in [9.17, 15) is 13.2 Å². The summed E-state index contributed by atoms with van der Waals surface area (Å²) < 4.78 is 20.5. The molecule has 0 saturated carbocycles. The standard InChI is InChI=1S/C8H10N2O3S/c9-8(11)6-2-1-3-7(4-6)10-5-14(12)13/h1-4,10,14H,5H2,(H2,9,11). The van der Waals surface area contributed by atoms with Crippen LogP contribution in [0.1, 0.15) is 10.4 Å². The fourth-order valence-electron chi connectivity index (χ4n) is 0.938. The fraction of sp³-hybridized carbons (Fsp3) is 0.125. The molecule has 0 aliphatic carbocycles. The number of amides is 1. The molecule has 0 aliphatic rings. The summed E-state index contributed by atoms with van der Waals surface area (Å²) in [7, 11) is -2.48. The van der Waals surface area contributed by atoms with Crippen LogP contribution in [0.3, 0.4) is 0 Å². The lowest BCUT2D eigenvalue weighted by Gasteiger charge is -2.02. The first-order valence-corrected chi connectivity index (χ1v) is 5.21. The molecule has 0 heterocycles. The van der Waals surface area contributed by atoms with Crippen molar-refractivity contribution in [2.24, 2.45) is 5.73 Å². The molecule has 0 atom stereocenters. The summed E-state index contributed by atoms with van der Waals surface area (Å²) in [6, 6.07) is 6.34. The molecule has 3 N–H and O–H groups in total. The zero-order valence-electron chi connectivity index (χ0n) is 7.27. The molecule has 1 aromatic rings. The molecule has 0 saturated heterocycles. The molecule has 0 fully saturated rings. The van der Waals surface area contributed by atoms with Crippen LogP contribution in [0.2, 0.25) is 0 Å². The summed E-state index contributed by atoms with van der Waals surface area (Å²) in [4.78, 5) is 10.8. The van der Waals surface area contributed by atoms with Crippen molar-refractivity contribution < 1.29 is 13.2 Å². The van der Waals surface area contributed by atoms with Crippen LogP contribution in [0.25, 0.3) is 0 Å². The van der Waals surface area contributed by atoms with Gasteiger partial charge in [0.2, 0.25) is 5.91 Å². The molecule has 0 aliphatic heterocycles. The Balaban J connectivity index is 2.78. The Hall–Kier alpha value is -1.56. The number of benzene rings is 1. The first-order chi connectivity index (χ1) is 6.59. The number of hydrogen-bond donors (Lipinski definition) is 3. The number of nitrogens with one attached hydrogen (secondary N) is 1. The minimum absolute atomic E-state index is 0.155.